The lowest BCUT2D eigenvalue weighted by atomic mass is 10.2. The van der Waals surface area contributed by atoms with E-state index in [1.54, 1.807) is 6.92 Å². The first-order valence-electron chi connectivity index (χ1n) is 4.49. The fourth-order valence-electron chi connectivity index (χ4n) is 0.924. The SMILES string of the molecule is CCOC(=O)C#Cc1cn[nH]c1C(=O)OC. The van der Waals surface area contributed by atoms with E-state index in [2.05, 4.69) is 31.5 Å². The summed E-state index contributed by atoms with van der Waals surface area (Å²) in [5.74, 6) is 3.46. The molecule has 0 unspecified atom stereocenters. The number of carbonyl (C=O) groups is 2. The summed E-state index contributed by atoms with van der Waals surface area (Å²) >= 11 is 0. The molecular weight excluding hydrogens is 212 g/mol. The molecule has 0 aromatic carbocycles. The highest BCUT2D eigenvalue weighted by Gasteiger charge is 2.12. The molecule has 0 aliphatic rings. The van der Waals surface area contributed by atoms with Gasteiger partial charge in [0, 0.05) is 5.92 Å². The molecule has 0 radical (unpaired) electrons. The van der Waals surface area contributed by atoms with Crippen molar-refractivity contribution in [3.05, 3.63) is 17.5 Å². The van der Waals surface area contributed by atoms with Crippen LogP contribution in [0.3, 0.4) is 0 Å². The fraction of sp³-hybridized carbons (Fsp3) is 0.300. The number of rotatable bonds is 2. The summed E-state index contributed by atoms with van der Waals surface area (Å²) in [7, 11) is 1.24. The lowest BCUT2D eigenvalue weighted by molar-refractivity contribution is -0.136. The van der Waals surface area contributed by atoms with Crippen LogP contribution in [-0.4, -0.2) is 35.9 Å². The molecule has 16 heavy (non-hydrogen) atoms. The Bertz CT molecular complexity index is 453. The second kappa shape index (κ2) is 5.56. The van der Waals surface area contributed by atoms with Gasteiger partial charge >= 0.3 is 11.9 Å². The van der Waals surface area contributed by atoms with Gasteiger partial charge in [-0.25, -0.2) is 9.59 Å². The van der Waals surface area contributed by atoms with Crippen LogP contribution in [-0.2, 0) is 14.3 Å². The smallest absolute Gasteiger partial charge is 0.384 e. The molecule has 0 saturated heterocycles. The van der Waals surface area contributed by atoms with Crippen molar-refractivity contribution in [3.63, 3.8) is 0 Å². The van der Waals surface area contributed by atoms with Gasteiger partial charge < -0.3 is 9.47 Å². The molecule has 0 bridgehead atoms. The molecule has 0 aliphatic heterocycles. The van der Waals surface area contributed by atoms with Gasteiger partial charge in [0.05, 0.1) is 25.5 Å². The molecule has 0 atom stereocenters. The van der Waals surface area contributed by atoms with Crippen LogP contribution < -0.4 is 0 Å². The molecule has 0 aliphatic carbocycles. The molecule has 0 amide bonds. The molecule has 84 valence electrons. The standard InChI is InChI=1S/C10H10N2O4/c1-3-16-8(13)5-4-7-6-11-12-9(7)10(14)15-2/h6H,3H2,1-2H3,(H,11,12). The van der Waals surface area contributed by atoms with Crippen molar-refractivity contribution in [1.29, 1.82) is 0 Å². The van der Waals surface area contributed by atoms with E-state index in [0.717, 1.165) is 0 Å². The lowest BCUT2D eigenvalue weighted by Gasteiger charge is -1.94. The van der Waals surface area contributed by atoms with Crippen LogP contribution in [0.25, 0.3) is 0 Å². The number of methoxy groups -OCH3 is 1. The third kappa shape index (κ3) is 2.85. The maximum absolute atomic E-state index is 11.2. The first-order chi connectivity index (χ1) is 7.69. The van der Waals surface area contributed by atoms with Gasteiger partial charge in [-0.15, -0.1) is 0 Å². The number of nitrogens with one attached hydrogen (secondary N) is 1. The van der Waals surface area contributed by atoms with Crippen LogP contribution in [0.4, 0.5) is 0 Å². The Morgan fingerprint density at radius 1 is 1.56 bits per heavy atom. The highest BCUT2D eigenvalue weighted by molar-refractivity contribution is 5.92. The Morgan fingerprint density at radius 3 is 2.94 bits per heavy atom. The second-order valence-corrected chi connectivity index (χ2v) is 2.62. The van der Waals surface area contributed by atoms with Crippen LogP contribution >= 0.6 is 0 Å². The van der Waals surface area contributed by atoms with Gasteiger partial charge in [0.2, 0.25) is 0 Å². The first kappa shape index (κ1) is 11.8. The fourth-order valence-corrected chi connectivity index (χ4v) is 0.924. The van der Waals surface area contributed by atoms with Crippen molar-refractivity contribution in [2.24, 2.45) is 0 Å². The summed E-state index contributed by atoms with van der Waals surface area (Å²) in [4.78, 5) is 22.1. The topological polar surface area (TPSA) is 81.3 Å². The predicted octanol–water partition coefficient (Wildman–Crippen LogP) is 0.111. The second-order valence-electron chi connectivity index (χ2n) is 2.62. The zero-order chi connectivity index (χ0) is 12.0. The van der Waals surface area contributed by atoms with E-state index in [0.29, 0.717) is 5.56 Å². The van der Waals surface area contributed by atoms with Gasteiger partial charge in [-0.1, -0.05) is 5.92 Å². The summed E-state index contributed by atoms with van der Waals surface area (Å²) in [6, 6.07) is 0. The normalized spacial score (nSPS) is 8.88. The van der Waals surface area contributed by atoms with Gasteiger partial charge in [-0.2, -0.15) is 5.10 Å². The van der Waals surface area contributed by atoms with Gasteiger partial charge in [-0.05, 0) is 6.92 Å². The van der Waals surface area contributed by atoms with E-state index >= 15 is 0 Å². The predicted molar refractivity (Wildman–Crippen MR) is 53.4 cm³/mol. The molecule has 1 heterocycles. The van der Waals surface area contributed by atoms with E-state index in [4.69, 9.17) is 0 Å². The van der Waals surface area contributed by atoms with Gasteiger partial charge in [-0.3, -0.25) is 5.10 Å². The summed E-state index contributed by atoms with van der Waals surface area (Å²) in [6.07, 6.45) is 1.33. The maximum atomic E-state index is 11.2. The van der Waals surface area contributed by atoms with E-state index < -0.39 is 11.9 Å². The Kier molecular flexibility index (Phi) is 4.09. The van der Waals surface area contributed by atoms with Crippen LogP contribution in [0.1, 0.15) is 23.0 Å². The Morgan fingerprint density at radius 2 is 2.31 bits per heavy atom. The molecule has 6 heteroatoms. The third-order valence-electron chi connectivity index (χ3n) is 1.60. The Labute approximate surface area is 91.9 Å². The van der Waals surface area contributed by atoms with E-state index in [9.17, 15) is 9.59 Å². The van der Waals surface area contributed by atoms with Crippen LogP contribution in [0.5, 0.6) is 0 Å². The zero-order valence-corrected chi connectivity index (χ0v) is 8.86. The molecule has 6 nitrogen and oxygen atoms in total. The molecule has 1 aromatic heterocycles. The molecule has 1 rings (SSSR count). The van der Waals surface area contributed by atoms with Gasteiger partial charge in [0.15, 0.2) is 5.69 Å². The van der Waals surface area contributed by atoms with Crippen molar-refractivity contribution in [3.8, 4) is 11.8 Å². The number of hydrogen-bond donors (Lipinski definition) is 1. The minimum atomic E-state index is -0.653. The highest BCUT2D eigenvalue weighted by Crippen LogP contribution is 2.03. The van der Waals surface area contributed by atoms with Crippen LogP contribution in [0, 0.1) is 11.8 Å². The molecule has 0 fully saturated rings. The molecule has 1 N–H and O–H groups in total. The largest absolute Gasteiger partial charge is 0.464 e. The van der Waals surface area contributed by atoms with Crippen molar-refractivity contribution in [2.45, 2.75) is 6.92 Å². The number of ether oxygens (including phenoxy) is 2. The molecule has 1 aromatic rings. The number of aromatic nitrogens is 2. The Hall–Kier alpha value is -2.29. The van der Waals surface area contributed by atoms with Crippen molar-refractivity contribution in [2.75, 3.05) is 13.7 Å². The highest BCUT2D eigenvalue weighted by atomic mass is 16.5. The van der Waals surface area contributed by atoms with Crippen LogP contribution in [0.2, 0.25) is 0 Å². The third-order valence-corrected chi connectivity index (χ3v) is 1.60. The van der Waals surface area contributed by atoms with Crippen molar-refractivity contribution < 1.29 is 19.1 Å². The molecule has 0 saturated carbocycles. The maximum Gasteiger partial charge on any atom is 0.384 e. The minimum Gasteiger partial charge on any atom is -0.464 e. The van der Waals surface area contributed by atoms with Gasteiger partial charge in [0.1, 0.15) is 0 Å². The van der Waals surface area contributed by atoms with Crippen molar-refractivity contribution >= 4 is 11.9 Å². The monoisotopic (exact) mass is 222 g/mol. The number of hydrogen-bond acceptors (Lipinski definition) is 5. The van der Waals surface area contributed by atoms with Gasteiger partial charge in [0.25, 0.3) is 0 Å². The Balaban J connectivity index is 2.85. The average Bonchev–Trinajstić information content (AvgIpc) is 2.74. The minimum absolute atomic E-state index is 0.110. The average molecular weight is 222 g/mol. The summed E-state index contributed by atoms with van der Waals surface area (Å²) in [5, 5.41) is 6.07. The number of carbonyl (C=O) groups excluding carboxylic acids is 2. The quantitative estimate of drug-likeness (QED) is 0.567. The van der Waals surface area contributed by atoms with E-state index in [-0.39, 0.29) is 12.3 Å². The zero-order valence-electron chi connectivity index (χ0n) is 8.86. The summed E-state index contributed by atoms with van der Waals surface area (Å²) < 4.78 is 9.10. The van der Waals surface area contributed by atoms with Crippen molar-refractivity contribution in [1.82, 2.24) is 10.2 Å². The number of H-pyrrole nitrogens is 1. The molecule has 0 spiro atoms. The number of esters is 2. The van der Waals surface area contributed by atoms with Crippen LogP contribution in [0.15, 0.2) is 6.20 Å². The molecular formula is C10H10N2O4. The van der Waals surface area contributed by atoms with E-state index in [1.807, 2.05) is 0 Å². The summed E-state index contributed by atoms with van der Waals surface area (Å²) in [5.41, 5.74) is 0.402. The number of nitrogens with zero attached hydrogens (tertiary/aromatic N) is 1. The lowest BCUT2D eigenvalue weighted by Crippen LogP contribution is -2.04. The van der Waals surface area contributed by atoms with E-state index in [1.165, 1.54) is 13.3 Å². The first-order valence-corrected chi connectivity index (χ1v) is 4.49. The summed E-state index contributed by atoms with van der Waals surface area (Å²) in [6.45, 7) is 1.93. The number of aromatic amines is 1.